The van der Waals surface area contributed by atoms with Crippen LogP contribution < -0.4 is 0 Å². The van der Waals surface area contributed by atoms with E-state index in [1.54, 1.807) is 4.68 Å². The number of likely N-dealkylation sites (tertiary alicyclic amines) is 2. The van der Waals surface area contributed by atoms with E-state index in [0.29, 0.717) is 44.8 Å². The van der Waals surface area contributed by atoms with Crippen molar-refractivity contribution in [3.05, 3.63) is 30.0 Å². The molecule has 0 radical (unpaired) electrons. The lowest BCUT2D eigenvalue weighted by atomic mass is 10.0. The molecule has 0 N–H and O–H groups in total. The zero-order valence-corrected chi connectivity index (χ0v) is 16.5. The lowest BCUT2D eigenvalue weighted by molar-refractivity contribution is -0.187. The summed E-state index contributed by atoms with van der Waals surface area (Å²) in [6.07, 6.45) is 3.45. The summed E-state index contributed by atoms with van der Waals surface area (Å²) in [7, 11) is 0. The molecule has 3 saturated heterocycles. The molecule has 0 unspecified atom stereocenters. The van der Waals surface area contributed by atoms with Crippen molar-refractivity contribution in [3.63, 3.8) is 0 Å². The number of hydrogen-bond acceptors (Lipinski definition) is 5. The minimum Gasteiger partial charge on any atom is -0.347 e. The van der Waals surface area contributed by atoms with E-state index in [1.165, 1.54) is 0 Å². The second kappa shape index (κ2) is 7.42. The third kappa shape index (κ3) is 3.40. The smallest absolute Gasteiger partial charge is 0.275 e. The molecule has 0 atom stereocenters. The van der Waals surface area contributed by atoms with E-state index in [0.717, 1.165) is 36.8 Å². The molecular weight excluding hydrogens is 372 g/mol. The summed E-state index contributed by atoms with van der Waals surface area (Å²) in [5.41, 5.74) is 1.26. The first-order chi connectivity index (χ1) is 14.2. The summed E-state index contributed by atoms with van der Waals surface area (Å²) in [5, 5.41) is 5.38. The first-order valence-electron chi connectivity index (χ1n) is 10.5. The van der Waals surface area contributed by atoms with Crippen LogP contribution in [0, 0.1) is 0 Å². The molecule has 0 saturated carbocycles. The fraction of sp³-hybridized carbons (Fsp3) is 0.571. The molecule has 8 nitrogen and oxygen atoms in total. The van der Waals surface area contributed by atoms with Crippen molar-refractivity contribution in [1.82, 2.24) is 19.6 Å². The Morgan fingerprint density at radius 3 is 2.38 bits per heavy atom. The van der Waals surface area contributed by atoms with Gasteiger partial charge < -0.3 is 19.3 Å². The van der Waals surface area contributed by atoms with Gasteiger partial charge in [-0.1, -0.05) is 18.2 Å². The largest absolute Gasteiger partial charge is 0.347 e. The van der Waals surface area contributed by atoms with Crippen molar-refractivity contribution in [3.8, 4) is 0 Å². The van der Waals surface area contributed by atoms with Crippen LogP contribution in [0.1, 0.15) is 36.2 Å². The molecule has 1 aromatic heterocycles. The standard InChI is InChI=1S/C21H26N4O4/c26-18(23-11-7-21(8-12-23)28-13-14-29-21)15-25-17-6-2-1-5-16(17)19(22-25)20(27)24-9-3-4-10-24/h1-2,5-6H,3-4,7-15H2. The number of aromatic nitrogens is 2. The van der Waals surface area contributed by atoms with Crippen LogP contribution in [0.3, 0.4) is 0 Å². The predicted octanol–water partition coefficient (Wildman–Crippen LogP) is 1.64. The van der Waals surface area contributed by atoms with Gasteiger partial charge in [0.1, 0.15) is 6.54 Å². The topological polar surface area (TPSA) is 76.9 Å². The molecule has 2 aromatic rings. The molecule has 2 amide bonds. The van der Waals surface area contributed by atoms with Crippen LogP contribution in [-0.2, 0) is 20.8 Å². The number of para-hydroxylation sites is 1. The molecule has 3 aliphatic rings. The fourth-order valence-corrected chi connectivity index (χ4v) is 4.59. The van der Waals surface area contributed by atoms with E-state index >= 15 is 0 Å². The quantitative estimate of drug-likeness (QED) is 0.786. The van der Waals surface area contributed by atoms with Gasteiger partial charge in [-0.25, -0.2) is 0 Å². The Balaban J connectivity index is 1.34. The number of carbonyl (C=O) groups excluding carboxylic acids is 2. The number of ether oxygens (including phenoxy) is 2. The molecule has 154 valence electrons. The average Bonchev–Trinajstić information content (AvgIpc) is 3.49. The summed E-state index contributed by atoms with van der Waals surface area (Å²) >= 11 is 0. The van der Waals surface area contributed by atoms with Gasteiger partial charge in [-0.2, -0.15) is 5.10 Å². The molecular formula is C21H26N4O4. The number of hydrogen-bond donors (Lipinski definition) is 0. The van der Waals surface area contributed by atoms with Crippen LogP contribution in [-0.4, -0.2) is 76.6 Å². The van der Waals surface area contributed by atoms with Crippen LogP contribution >= 0.6 is 0 Å². The molecule has 3 aliphatic heterocycles. The number of benzene rings is 1. The SMILES string of the molecule is O=C(Cn1nc(C(=O)N2CCCC2)c2ccccc21)N1CCC2(CC1)OCCO2. The van der Waals surface area contributed by atoms with Gasteiger partial charge >= 0.3 is 0 Å². The normalized spacial score (nSPS) is 21.4. The van der Waals surface area contributed by atoms with E-state index in [1.807, 2.05) is 34.1 Å². The van der Waals surface area contributed by atoms with Gasteiger partial charge in [0.05, 0.1) is 18.7 Å². The molecule has 1 spiro atoms. The molecule has 3 fully saturated rings. The van der Waals surface area contributed by atoms with E-state index in [9.17, 15) is 9.59 Å². The minimum absolute atomic E-state index is 0.00581. The summed E-state index contributed by atoms with van der Waals surface area (Å²) in [5.74, 6) is -0.531. The van der Waals surface area contributed by atoms with Gasteiger partial charge in [0.15, 0.2) is 11.5 Å². The summed E-state index contributed by atoms with van der Waals surface area (Å²) < 4.78 is 13.2. The molecule has 8 heteroatoms. The highest BCUT2D eigenvalue weighted by Gasteiger charge is 2.40. The highest BCUT2D eigenvalue weighted by molar-refractivity contribution is 6.05. The first-order valence-corrected chi connectivity index (χ1v) is 10.5. The Bertz CT molecular complexity index is 918. The molecule has 0 bridgehead atoms. The lowest BCUT2D eigenvalue weighted by Crippen LogP contribution is -2.48. The molecule has 1 aromatic carbocycles. The Labute approximate surface area is 169 Å². The number of fused-ring (bicyclic) bond motifs is 1. The van der Waals surface area contributed by atoms with Crippen molar-refractivity contribution in [1.29, 1.82) is 0 Å². The van der Waals surface area contributed by atoms with Crippen LogP contribution in [0.2, 0.25) is 0 Å². The second-order valence-corrected chi connectivity index (χ2v) is 8.01. The maximum atomic E-state index is 12.9. The number of rotatable bonds is 3. The Hall–Kier alpha value is -2.45. The van der Waals surface area contributed by atoms with Gasteiger partial charge in [0, 0.05) is 44.4 Å². The van der Waals surface area contributed by atoms with Gasteiger partial charge in [0.25, 0.3) is 5.91 Å². The summed E-state index contributed by atoms with van der Waals surface area (Å²) in [6, 6.07) is 7.64. The summed E-state index contributed by atoms with van der Waals surface area (Å²) in [4.78, 5) is 29.6. The Morgan fingerprint density at radius 1 is 0.966 bits per heavy atom. The highest BCUT2D eigenvalue weighted by atomic mass is 16.7. The lowest BCUT2D eigenvalue weighted by Gasteiger charge is -2.37. The zero-order chi connectivity index (χ0) is 19.8. The second-order valence-electron chi connectivity index (χ2n) is 8.01. The van der Waals surface area contributed by atoms with E-state index in [4.69, 9.17) is 9.47 Å². The van der Waals surface area contributed by atoms with E-state index < -0.39 is 5.79 Å². The number of piperidine rings is 1. The Kier molecular flexibility index (Phi) is 4.75. The van der Waals surface area contributed by atoms with Gasteiger partial charge in [-0.3, -0.25) is 14.3 Å². The van der Waals surface area contributed by atoms with Crippen molar-refractivity contribution >= 4 is 22.7 Å². The monoisotopic (exact) mass is 398 g/mol. The average molecular weight is 398 g/mol. The van der Waals surface area contributed by atoms with Crippen molar-refractivity contribution in [2.45, 2.75) is 38.0 Å². The maximum absolute atomic E-state index is 12.9. The van der Waals surface area contributed by atoms with Crippen molar-refractivity contribution in [2.24, 2.45) is 0 Å². The first kappa shape index (κ1) is 18.6. The fourth-order valence-electron chi connectivity index (χ4n) is 4.59. The molecule has 0 aliphatic carbocycles. The third-order valence-electron chi connectivity index (χ3n) is 6.23. The van der Waals surface area contributed by atoms with Gasteiger partial charge in [-0.05, 0) is 18.9 Å². The summed E-state index contributed by atoms with van der Waals surface area (Å²) in [6.45, 7) is 4.15. The van der Waals surface area contributed by atoms with Crippen LogP contribution in [0.25, 0.3) is 10.9 Å². The third-order valence-corrected chi connectivity index (χ3v) is 6.23. The van der Waals surface area contributed by atoms with E-state index in [2.05, 4.69) is 5.10 Å². The van der Waals surface area contributed by atoms with Gasteiger partial charge in [0.2, 0.25) is 5.91 Å². The minimum atomic E-state index is -0.496. The maximum Gasteiger partial charge on any atom is 0.275 e. The van der Waals surface area contributed by atoms with Crippen molar-refractivity contribution in [2.75, 3.05) is 39.4 Å². The molecule has 29 heavy (non-hydrogen) atoms. The zero-order valence-electron chi connectivity index (χ0n) is 16.5. The molecule has 5 rings (SSSR count). The predicted molar refractivity (Wildman–Crippen MR) is 105 cm³/mol. The van der Waals surface area contributed by atoms with Crippen LogP contribution in [0.4, 0.5) is 0 Å². The van der Waals surface area contributed by atoms with Gasteiger partial charge in [-0.15, -0.1) is 0 Å². The number of amides is 2. The van der Waals surface area contributed by atoms with Crippen LogP contribution in [0.15, 0.2) is 24.3 Å². The van der Waals surface area contributed by atoms with E-state index in [-0.39, 0.29) is 18.4 Å². The number of carbonyl (C=O) groups is 2. The molecule has 4 heterocycles. The number of nitrogens with zero attached hydrogens (tertiary/aromatic N) is 4. The van der Waals surface area contributed by atoms with Crippen molar-refractivity contribution < 1.29 is 19.1 Å². The Morgan fingerprint density at radius 2 is 1.66 bits per heavy atom. The van der Waals surface area contributed by atoms with Crippen LogP contribution in [0.5, 0.6) is 0 Å². The highest BCUT2D eigenvalue weighted by Crippen LogP contribution is 2.31.